The van der Waals surface area contributed by atoms with Gasteiger partial charge < -0.3 is 29.5 Å². The molecule has 0 aliphatic heterocycles. The van der Waals surface area contributed by atoms with Gasteiger partial charge in [0.2, 0.25) is 0 Å². The highest BCUT2D eigenvalue weighted by Gasteiger charge is 2.17. The zero-order valence-corrected chi connectivity index (χ0v) is 25.6. The van der Waals surface area contributed by atoms with Crippen LogP contribution in [0, 0.1) is 0 Å². The van der Waals surface area contributed by atoms with Gasteiger partial charge in [0.25, 0.3) is 0 Å². The van der Waals surface area contributed by atoms with Crippen molar-refractivity contribution in [2.45, 2.75) is 122 Å². The van der Waals surface area contributed by atoms with E-state index in [0.717, 1.165) is 116 Å². The quantitative estimate of drug-likeness (QED) is 0.0432. The number of aliphatic hydroxyl groups excluding tert-OH is 3. The predicted octanol–water partition coefficient (Wildman–Crippen LogP) is 5.65. The summed E-state index contributed by atoms with van der Waals surface area (Å²) >= 11 is 0. The predicted molar refractivity (Wildman–Crippen MR) is 164 cm³/mol. The minimum absolute atomic E-state index is 0.212. The molecule has 9 heteroatoms. The Balaban J connectivity index is 4.58. The Hall–Kier alpha value is -2.49. The van der Waals surface area contributed by atoms with Gasteiger partial charge in [0.15, 0.2) is 6.10 Å². The van der Waals surface area contributed by atoms with Crippen LogP contribution in [0.2, 0.25) is 0 Å². The lowest BCUT2D eigenvalue weighted by molar-refractivity contribution is -0.160. The fraction of sp³-hybridized carbons (Fsp3) is 0.727. The smallest absolute Gasteiger partial charge is 0.330 e. The van der Waals surface area contributed by atoms with E-state index in [4.69, 9.17) is 29.5 Å². The van der Waals surface area contributed by atoms with Crippen molar-refractivity contribution >= 4 is 17.9 Å². The Morgan fingerprint density at radius 1 is 0.452 bits per heavy atom. The highest BCUT2D eigenvalue weighted by atomic mass is 16.6. The van der Waals surface area contributed by atoms with Crippen LogP contribution in [0.1, 0.15) is 116 Å². The molecule has 9 nitrogen and oxygen atoms in total. The maximum absolute atomic E-state index is 12.3. The molecule has 0 atom stereocenters. The van der Waals surface area contributed by atoms with Crippen LogP contribution in [0.5, 0.6) is 0 Å². The number of allylic oxidation sites excluding steroid dienone is 3. The van der Waals surface area contributed by atoms with Crippen molar-refractivity contribution in [3.05, 3.63) is 36.5 Å². The summed E-state index contributed by atoms with van der Waals surface area (Å²) < 4.78 is 15.9. The highest BCUT2D eigenvalue weighted by molar-refractivity contribution is 5.83. The number of ether oxygens (including phenoxy) is 3. The maximum atomic E-state index is 12.3. The monoisotopic (exact) mass is 596 g/mol. The van der Waals surface area contributed by atoms with Crippen LogP contribution in [-0.2, 0) is 28.6 Å². The largest absolute Gasteiger partial charge is 0.458 e. The second kappa shape index (κ2) is 31.4. The van der Waals surface area contributed by atoms with Crippen molar-refractivity contribution in [2.24, 2.45) is 0 Å². The number of rotatable bonds is 29. The fourth-order valence-electron chi connectivity index (χ4n) is 4.02. The molecule has 0 saturated heterocycles. The van der Waals surface area contributed by atoms with E-state index in [1.807, 2.05) is 0 Å². The molecule has 0 radical (unpaired) electrons. The molecule has 0 amide bonds. The molecule has 0 heterocycles. The molecule has 0 aliphatic rings. The van der Waals surface area contributed by atoms with Crippen LogP contribution in [-0.4, -0.2) is 72.4 Å². The maximum Gasteiger partial charge on any atom is 0.330 e. The lowest BCUT2D eigenvalue weighted by atomic mass is 10.1. The summed E-state index contributed by atoms with van der Waals surface area (Å²) in [6, 6.07) is 0. The van der Waals surface area contributed by atoms with Crippen LogP contribution in [0.15, 0.2) is 36.5 Å². The van der Waals surface area contributed by atoms with Gasteiger partial charge in [-0.2, -0.15) is 0 Å². The van der Waals surface area contributed by atoms with E-state index in [-0.39, 0.29) is 33.0 Å². The zero-order chi connectivity index (χ0) is 30.9. The summed E-state index contributed by atoms with van der Waals surface area (Å²) in [5.74, 6) is -1.71. The Labute approximate surface area is 253 Å². The highest BCUT2D eigenvalue weighted by Crippen LogP contribution is 2.08. The average Bonchev–Trinajstić information content (AvgIpc) is 2.98. The molecular formula is C33H56O9. The first-order valence-corrected chi connectivity index (χ1v) is 15.9. The third kappa shape index (κ3) is 29.0. The first kappa shape index (κ1) is 39.5. The number of hydrogen-bond donors (Lipinski definition) is 3. The van der Waals surface area contributed by atoms with Gasteiger partial charge >= 0.3 is 17.9 Å². The van der Waals surface area contributed by atoms with Gasteiger partial charge in [-0.25, -0.2) is 14.4 Å². The van der Waals surface area contributed by atoms with Gasteiger partial charge in [-0.3, -0.25) is 0 Å². The summed E-state index contributed by atoms with van der Waals surface area (Å²) in [6.07, 6.45) is 25.0. The topological polar surface area (TPSA) is 140 Å². The molecule has 42 heavy (non-hydrogen) atoms. The molecule has 0 saturated carbocycles. The summed E-state index contributed by atoms with van der Waals surface area (Å²) in [5, 5.41) is 26.4. The summed E-state index contributed by atoms with van der Waals surface area (Å²) in [4.78, 5) is 36.6. The zero-order valence-electron chi connectivity index (χ0n) is 25.6. The van der Waals surface area contributed by atoms with Crippen molar-refractivity contribution in [1.82, 2.24) is 0 Å². The Morgan fingerprint density at radius 2 is 0.762 bits per heavy atom. The minimum Gasteiger partial charge on any atom is -0.458 e. The second-order valence-electron chi connectivity index (χ2n) is 10.4. The van der Waals surface area contributed by atoms with Crippen LogP contribution in [0.4, 0.5) is 0 Å². The molecule has 0 aliphatic carbocycles. The first-order valence-electron chi connectivity index (χ1n) is 15.9. The van der Waals surface area contributed by atoms with E-state index in [1.54, 1.807) is 18.2 Å². The van der Waals surface area contributed by atoms with E-state index in [0.29, 0.717) is 0 Å². The van der Waals surface area contributed by atoms with Crippen LogP contribution in [0.25, 0.3) is 0 Å². The molecule has 0 aromatic carbocycles. The Morgan fingerprint density at radius 3 is 1.12 bits per heavy atom. The molecule has 242 valence electrons. The van der Waals surface area contributed by atoms with Crippen LogP contribution < -0.4 is 0 Å². The molecule has 0 fully saturated rings. The number of unbranched alkanes of at least 4 members (excludes halogenated alkanes) is 15. The molecule has 0 bridgehead atoms. The van der Waals surface area contributed by atoms with Gasteiger partial charge in [0.05, 0.1) is 0 Å². The van der Waals surface area contributed by atoms with Gasteiger partial charge in [0, 0.05) is 38.0 Å². The van der Waals surface area contributed by atoms with Gasteiger partial charge in [-0.1, -0.05) is 76.0 Å². The van der Waals surface area contributed by atoms with E-state index in [9.17, 15) is 14.4 Å². The van der Waals surface area contributed by atoms with E-state index >= 15 is 0 Å². The lowest BCUT2D eigenvalue weighted by Crippen LogP contribution is -2.30. The molecule has 0 rings (SSSR count). The molecule has 0 spiro atoms. The number of carbonyl (C=O) groups excluding carboxylic acids is 3. The lowest BCUT2D eigenvalue weighted by Gasteiger charge is -2.16. The standard InChI is InChI=1S/C33H56O9/c34-25-19-13-7-1-4-10-16-22-31(37)40-28-30(42-33(39)24-18-12-6-3-9-15-21-27-36)29-41-32(38)23-17-11-5-2-8-14-20-26-35/h16-18,22-24,30,34-36H,1-15,19-21,25-29H2/b22-16+,23-17+,24-18+. The Kier molecular flexibility index (Phi) is 29.6. The van der Waals surface area contributed by atoms with Crippen molar-refractivity contribution in [2.75, 3.05) is 33.0 Å². The van der Waals surface area contributed by atoms with Crippen molar-refractivity contribution in [3.8, 4) is 0 Å². The fourth-order valence-corrected chi connectivity index (χ4v) is 4.02. The SMILES string of the molecule is O=C(/C=C/CCCCCCCO)OCC(COC(=O)/C=C/CCCCCCCO)OC(=O)/C=C/CCCCCCCO. The molecular weight excluding hydrogens is 540 g/mol. The molecule has 0 aromatic heterocycles. The number of hydrogen-bond acceptors (Lipinski definition) is 9. The van der Waals surface area contributed by atoms with E-state index in [1.165, 1.54) is 18.2 Å². The number of aliphatic hydroxyl groups is 3. The first-order chi connectivity index (χ1) is 20.5. The number of carbonyl (C=O) groups is 3. The minimum atomic E-state index is -0.937. The van der Waals surface area contributed by atoms with Crippen molar-refractivity contribution in [3.63, 3.8) is 0 Å². The van der Waals surface area contributed by atoms with Gasteiger partial charge in [-0.05, 0) is 57.8 Å². The van der Waals surface area contributed by atoms with Gasteiger partial charge in [-0.15, -0.1) is 0 Å². The molecule has 0 aromatic rings. The number of esters is 3. The third-order valence-electron chi connectivity index (χ3n) is 6.45. The molecule has 0 unspecified atom stereocenters. The van der Waals surface area contributed by atoms with Crippen molar-refractivity contribution < 1.29 is 43.9 Å². The summed E-state index contributed by atoms with van der Waals surface area (Å²) in [5.41, 5.74) is 0. The van der Waals surface area contributed by atoms with E-state index < -0.39 is 24.0 Å². The summed E-state index contributed by atoms with van der Waals surface area (Å²) in [7, 11) is 0. The van der Waals surface area contributed by atoms with Crippen LogP contribution >= 0.6 is 0 Å². The Bertz CT molecular complexity index is 704. The van der Waals surface area contributed by atoms with Crippen LogP contribution in [0.3, 0.4) is 0 Å². The van der Waals surface area contributed by atoms with Gasteiger partial charge in [0.1, 0.15) is 13.2 Å². The average molecular weight is 597 g/mol. The molecule has 3 N–H and O–H groups in total. The second-order valence-corrected chi connectivity index (χ2v) is 10.4. The third-order valence-corrected chi connectivity index (χ3v) is 6.45. The van der Waals surface area contributed by atoms with E-state index in [2.05, 4.69) is 0 Å². The normalized spacial score (nSPS) is 11.7. The van der Waals surface area contributed by atoms with Crippen molar-refractivity contribution in [1.29, 1.82) is 0 Å². The summed E-state index contributed by atoms with van der Waals surface area (Å²) in [6.45, 7) is 0.172.